The molecule has 0 nitrogen and oxygen atoms in total. The van der Waals surface area contributed by atoms with E-state index >= 15 is 0 Å². The van der Waals surface area contributed by atoms with Gasteiger partial charge in [-0.3, -0.25) is 0 Å². The van der Waals surface area contributed by atoms with Crippen molar-refractivity contribution in [3.05, 3.63) is 0 Å². The third-order valence-corrected chi connectivity index (χ3v) is 0. The molecular weight excluding hydrogens is 463 g/mol. The second kappa shape index (κ2) is 11.0. The van der Waals surface area contributed by atoms with Gasteiger partial charge in [0.05, 0.1) is 0 Å². The molecule has 0 bridgehead atoms. The molecule has 0 N–H and O–H groups in total. The molecule has 0 aliphatic rings. The van der Waals surface area contributed by atoms with Crippen LogP contribution in [0.3, 0.4) is 0 Å². The van der Waals surface area contributed by atoms with E-state index in [9.17, 15) is 10.5 Å². The minimum atomic E-state index is -7.18. The molecule has 0 heterocycles. The molecule has 0 rings (SSSR count). The summed E-state index contributed by atoms with van der Waals surface area (Å²) in [6.07, 6.45) is 0. The van der Waals surface area contributed by atoms with Crippen molar-refractivity contribution in [1.29, 1.82) is 0 Å². The van der Waals surface area contributed by atoms with Gasteiger partial charge < -0.3 is 0 Å². The van der Waals surface area contributed by atoms with Gasteiger partial charge in [-0.25, -0.2) is 0 Å². The molecule has 0 amide bonds. The van der Waals surface area contributed by atoms with Gasteiger partial charge in [0, 0.05) is 27.3 Å². The van der Waals surface area contributed by atoms with E-state index in [0.29, 0.717) is 0 Å². The second-order valence-electron chi connectivity index (χ2n) is 0.530. The minimum absolute atomic E-state index is 0. The van der Waals surface area contributed by atoms with Gasteiger partial charge in [-0.2, -0.15) is 0 Å². The van der Waals surface area contributed by atoms with Crippen LogP contribution in [0.2, 0.25) is 0 Å². The van der Waals surface area contributed by atoms with Crippen molar-refractivity contribution in [2.75, 3.05) is 0 Å². The Balaban J connectivity index is -0.0000000800. The normalized spacial score (nSPS) is 7.78. The molecule has 0 atom stereocenters. The van der Waals surface area contributed by atoms with Crippen molar-refractivity contribution in [1.82, 2.24) is 0 Å². The Labute approximate surface area is 96.9 Å². The molecule has 0 unspecified atom stereocenters. The Morgan fingerprint density at radius 3 is 1.00 bits per heavy atom. The predicted molar refractivity (Wildman–Crippen MR) is 16.1 cm³/mol. The van der Waals surface area contributed by atoms with Crippen molar-refractivity contribution >= 4 is 16.6 Å². The zero-order valence-electron chi connectivity index (χ0n) is 4.18. The summed E-state index contributed by atoms with van der Waals surface area (Å²) < 4.78 is 39.6. The van der Waals surface area contributed by atoms with Crippen LogP contribution in [-0.2, 0) is 71.8 Å². The van der Waals surface area contributed by atoms with Crippen molar-refractivity contribution in [3.8, 4) is 0 Å². The van der Waals surface area contributed by atoms with Crippen LogP contribution < -0.4 is 0 Å². The van der Waals surface area contributed by atoms with E-state index in [0.717, 1.165) is 0 Å². The van der Waals surface area contributed by atoms with Gasteiger partial charge in [0.25, 0.3) is 0 Å². The number of hydrogen-bond donors (Lipinski definition) is 0. The topological polar surface area (TPSA) is 0 Å². The molecule has 50 valence electrons. The van der Waals surface area contributed by atoms with Crippen LogP contribution in [-0.4, -0.2) is 0 Å². The van der Waals surface area contributed by atoms with E-state index in [1.54, 1.807) is 0 Å². The number of halogens is 6. The van der Waals surface area contributed by atoms with Crippen LogP contribution in [0.1, 0.15) is 0 Å². The van der Waals surface area contributed by atoms with Gasteiger partial charge in [-0.05, 0) is 0 Å². The van der Waals surface area contributed by atoms with E-state index in [1.165, 1.54) is 0 Å². The van der Waals surface area contributed by atoms with E-state index < -0.39 is 44.5 Å². The van der Waals surface area contributed by atoms with E-state index in [2.05, 4.69) is 0 Å². The Morgan fingerprint density at radius 2 is 1.00 bits per heavy atom. The molecule has 0 saturated heterocycles. The zero-order chi connectivity index (χ0) is 7.21. The van der Waals surface area contributed by atoms with Gasteiger partial charge in [-0.1, -0.05) is 0 Å². The van der Waals surface area contributed by atoms with Crippen LogP contribution in [0.25, 0.3) is 0 Å². The van der Waals surface area contributed by atoms with Gasteiger partial charge in [0.15, 0.2) is 0 Å². The Morgan fingerprint density at radius 1 is 1.00 bits per heavy atom. The molecule has 0 saturated carbocycles. The van der Waals surface area contributed by atoms with E-state index in [1.807, 2.05) is 0 Å². The van der Waals surface area contributed by atoms with E-state index in [-0.39, 0.29) is 27.3 Å². The third-order valence-electron chi connectivity index (χ3n) is 0. The van der Waals surface area contributed by atoms with Crippen molar-refractivity contribution < 1.29 is 82.3 Å². The summed E-state index contributed by atoms with van der Waals surface area (Å²) >= 11 is -8.25. The fourth-order valence-electron chi connectivity index (χ4n) is 0. The molecule has 0 fully saturated rings. The third kappa shape index (κ3) is 98.1. The molecule has 9 heavy (non-hydrogen) atoms. The molecule has 0 aliphatic carbocycles. The maximum absolute atomic E-state index is 9.90. The quantitative estimate of drug-likeness (QED) is 0.383. The molecule has 0 aromatic rings. The summed E-state index contributed by atoms with van der Waals surface area (Å²) in [5.74, 6) is 0. The zero-order valence-corrected chi connectivity index (χ0v) is 16.2. The molecule has 0 aliphatic heterocycles. The Hall–Kier alpha value is 3.03. The fraction of sp³-hybridized carbons (Fsp3) is 0. The molecule has 0 aromatic carbocycles. The summed E-state index contributed by atoms with van der Waals surface area (Å²) in [5.41, 5.74) is 0. The van der Waals surface area contributed by atoms with Gasteiger partial charge >= 0.3 is 71.6 Å². The SMILES string of the molecule is [Cd].[Cl][Cd][Cl].[F][Zr]([F])([F])[F]. The first-order valence-electron chi connectivity index (χ1n) is 1.29. The fourth-order valence-corrected chi connectivity index (χ4v) is 0. The molecular formula is Cd2Cl2F4Zr. The molecule has 0 aromatic heterocycles. The van der Waals surface area contributed by atoms with Crippen molar-refractivity contribution in [3.63, 3.8) is 0 Å². The summed E-state index contributed by atoms with van der Waals surface area (Å²) in [6, 6.07) is 0. The molecule has 9 heteroatoms. The van der Waals surface area contributed by atoms with Gasteiger partial charge in [0.2, 0.25) is 0 Å². The average molecular weight is 463 g/mol. The summed E-state index contributed by atoms with van der Waals surface area (Å²) in [4.78, 5) is 0. The summed E-state index contributed by atoms with van der Waals surface area (Å²) in [7, 11) is 9.95. The van der Waals surface area contributed by atoms with Crippen molar-refractivity contribution in [2.45, 2.75) is 0 Å². The van der Waals surface area contributed by atoms with E-state index in [4.69, 9.17) is 16.6 Å². The van der Waals surface area contributed by atoms with Crippen molar-refractivity contribution in [2.24, 2.45) is 0 Å². The van der Waals surface area contributed by atoms with Gasteiger partial charge in [0.1, 0.15) is 0 Å². The predicted octanol–water partition coefficient (Wildman–Crippen LogP) is 3.05. The first-order chi connectivity index (χ1) is 3.41. The summed E-state index contributed by atoms with van der Waals surface area (Å²) in [6.45, 7) is 0. The first-order valence-corrected chi connectivity index (χ1v) is 15.2. The van der Waals surface area contributed by atoms with Crippen LogP contribution in [0.15, 0.2) is 0 Å². The van der Waals surface area contributed by atoms with Crippen LogP contribution in [0.5, 0.6) is 0 Å². The maximum atomic E-state index is 9.90. The molecule has 0 radical (unpaired) electrons. The average Bonchev–Trinajstić information content (AvgIpc) is 1.27. The summed E-state index contributed by atoms with van der Waals surface area (Å²) in [5, 5.41) is 0. The number of rotatable bonds is 0. The second-order valence-corrected chi connectivity index (χ2v) is 8.63. The van der Waals surface area contributed by atoms with Crippen LogP contribution >= 0.6 is 16.6 Å². The Bertz CT molecular complexity index is 40.3. The monoisotopic (exact) mass is 464 g/mol. The standard InChI is InChI=1S/2Cd.2ClH.4FH.Zr/h;;6*1H;/q;+2;;;;;;;+4/p-6. The van der Waals surface area contributed by atoms with Crippen LogP contribution in [0.4, 0.5) is 10.5 Å². The van der Waals surface area contributed by atoms with Crippen LogP contribution in [0, 0.1) is 0 Å². The number of hydrogen-bond acceptors (Lipinski definition) is 0. The van der Waals surface area contributed by atoms with Gasteiger partial charge in [-0.15, -0.1) is 0 Å². The Kier molecular flexibility index (Phi) is 22.0. The first kappa shape index (κ1) is 17.9. The molecule has 0 spiro atoms.